The second kappa shape index (κ2) is 10.8. The fourth-order valence-electron chi connectivity index (χ4n) is 1.72. The maximum atomic E-state index is 12.8. The summed E-state index contributed by atoms with van der Waals surface area (Å²) < 4.78 is 12.8. The molecule has 120 valence electrons. The van der Waals surface area contributed by atoms with Crippen LogP contribution < -0.4 is 11.1 Å². The van der Waals surface area contributed by atoms with E-state index in [0.29, 0.717) is 18.5 Å². The van der Waals surface area contributed by atoms with Crippen LogP contribution >= 0.6 is 24.0 Å². The summed E-state index contributed by atoms with van der Waals surface area (Å²) >= 11 is 0. The SMILES string of the molecule is CCC(C)NC(N)=NCCN(C)Cc1ccc(F)cc1.I. The number of rotatable bonds is 7. The third-order valence-corrected chi connectivity index (χ3v) is 3.14. The second-order valence-corrected chi connectivity index (χ2v) is 5.08. The molecule has 6 heteroatoms. The minimum Gasteiger partial charge on any atom is -0.370 e. The van der Waals surface area contributed by atoms with Crippen molar-refractivity contribution < 1.29 is 4.39 Å². The molecule has 21 heavy (non-hydrogen) atoms. The van der Waals surface area contributed by atoms with Gasteiger partial charge in [0.1, 0.15) is 5.82 Å². The van der Waals surface area contributed by atoms with Gasteiger partial charge in [-0.1, -0.05) is 19.1 Å². The number of nitrogens with zero attached hydrogens (tertiary/aromatic N) is 2. The van der Waals surface area contributed by atoms with Crippen molar-refractivity contribution in [2.45, 2.75) is 32.9 Å². The maximum absolute atomic E-state index is 12.8. The van der Waals surface area contributed by atoms with Crippen molar-refractivity contribution in [2.75, 3.05) is 20.1 Å². The third-order valence-electron chi connectivity index (χ3n) is 3.14. The first-order valence-electron chi connectivity index (χ1n) is 7.00. The zero-order valence-electron chi connectivity index (χ0n) is 13.0. The van der Waals surface area contributed by atoms with Gasteiger partial charge in [-0.3, -0.25) is 4.99 Å². The van der Waals surface area contributed by atoms with Crippen LogP contribution in [0.15, 0.2) is 29.3 Å². The lowest BCUT2D eigenvalue weighted by Crippen LogP contribution is -2.38. The van der Waals surface area contributed by atoms with Crippen LogP contribution in [0.5, 0.6) is 0 Å². The van der Waals surface area contributed by atoms with Crippen LogP contribution in [0.1, 0.15) is 25.8 Å². The number of hydrogen-bond donors (Lipinski definition) is 2. The molecule has 0 fully saturated rings. The molecule has 1 aromatic carbocycles. The van der Waals surface area contributed by atoms with Crippen LogP contribution in [-0.4, -0.2) is 37.0 Å². The van der Waals surface area contributed by atoms with Crippen molar-refractivity contribution in [1.82, 2.24) is 10.2 Å². The quantitative estimate of drug-likeness (QED) is 0.414. The van der Waals surface area contributed by atoms with Crippen LogP contribution in [0.4, 0.5) is 4.39 Å². The van der Waals surface area contributed by atoms with Crippen molar-refractivity contribution in [2.24, 2.45) is 10.7 Å². The van der Waals surface area contributed by atoms with Gasteiger partial charge in [0.2, 0.25) is 0 Å². The molecule has 1 unspecified atom stereocenters. The molecule has 4 nitrogen and oxygen atoms in total. The molecule has 0 aliphatic carbocycles. The molecule has 0 aliphatic heterocycles. The number of halogens is 2. The van der Waals surface area contributed by atoms with Gasteiger partial charge in [-0.25, -0.2) is 4.39 Å². The molecule has 1 aromatic rings. The number of nitrogens with one attached hydrogen (secondary N) is 1. The van der Waals surface area contributed by atoms with Crippen LogP contribution in [-0.2, 0) is 6.54 Å². The summed E-state index contributed by atoms with van der Waals surface area (Å²) in [6.45, 7) is 6.40. The van der Waals surface area contributed by atoms with E-state index in [9.17, 15) is 4.39 Å². The first-order chi connectivity index (χ1) is 9.51. The summed E-state index contributed by atoms with van der Waals surface area (Å²) in [7, 11) is 2.01. The summed E-state index contributed by atoms with van der Waals surface area (Å²) in [5, 5.41) is 3.13. The van der Waals surface area contributed by atoms with Gasteiger partial charge in [0, 0.05) is 19.1 Å². The average molecular weight is 408 g/mol. The van der Waals surface area contributed by atoms with E-state index < -0.39 is 0 Å². The van der Waals surface area contributed by atoms with E-state index in [0.717, 1.165) is 25.1 Å². The Hall–Kier alpha value is -0.890. The first kappa shape index (κ1) is 20.1. The fraction of sp³-hybridized carbons (Fsp3) is 0.533. The van der Waals surface area contributed by atoms with E-state index in [-0.39, 0.29) is 29.8 Å². The van der Waals surface area contributed by atoms with Crippen molar-refractivity contribution in [1.29, 1.82) is 0 Å². The lowest BCUT2D eigenvalue weighted by Gasteiger charge is -2.16. The highest BCUT2D eigenvalue weighted by atomic mass is 127. The Labute approximate surface area is 144 Å². The standard InChI is InChI=1S/C15H25FN4.HI/c1-4-12(2)19-15(17)18-9-10-20(3)11-13-5-7-14(16)8-6-13;/h5-8,12H,4,9-11H2,1-3H3,(H3,17,18,19);1H. The van der Waals surface area contributed by atoms with Gasteiger partial charge in [-0.05, 0) is 38.1 Å². The highest BCUT2D eigenvalue weighted by molar-refractivity contribution is 14.0. The van der Waals surface area contributed by atoms with Crippen molar-refractivity contribution in [3.05, 3.63) is 35.6 Å². The molecule has 0 aromatic heterocycles. The largest absolute Gasteiger partial charge is 0.370 e. The number of likely N-dealkylation sites (N-methyl/N-ethyl adjacent to an activating group) is 1. The zero-order valence-corrected chi connectivity index (χ0v) is 15.3. The topological polar surface area (TPSA) is 53.6 Å². The Morgan fingerprint density at radius 3 is 2.57 bits per heavy atom. The molecule has 0 amide bonds. The van der Waals surface area contributed by atoms with Crippen LogP contribution in [0.3, 0.4) is 0 Å². The van der Waals surface area contributed by atoms with Gasteiger partial charge >= 0.3 is 0 Å². The van der Waals surface area contributed by atoms with Gasteiger partial charge < -0.3 is 16.0 Å². The molecular weight excluding hydrogens is 382 g/mol. The number of hydrogen-bond acceptors (Lipinski definition) is 2. The van der Waals surface area contributed by atoms with Crippen molar-refractivity contribution >= 4 is 29.9 Å². The Morgan fingerprint density at radius 1 is 1.38 bits per heavy atom. The summed E-state index contributed by atoms with van der Waals surface area (Å²) in [6, 6.07) is 6.91. The van der Waals surface area contributed by atoms with E-state index in [1.807, 2.05) is 7.05 Å². The zero-order chi connectivity index (χ0) is 15.0. The van der Waals surface area contributed by atoms with Gasteiger partial charge in [-0.15, -0.1) is 24.0 Å². The minimum absolute atomic E-state index is 0. The van der Waals surface area contributed by atoms with E-state index in [1.165, 1.54) is 12.1 Å². The second-order valence-electron chi connectivity index (χ2n) is 5.08. The molecule has 0 aliphatic rings. The van der Waals surface area contributed by atoms with Crippen molar-refractivity contribution in [3.63, 3.8) is 0 Å². The Balaban J connectivity index is 0.00000400. The average Bonchev–Trinajstić information content (AvgIpc) is 2.41. The predicted molar refractivity (Wildman–Crippen MR) is 97.5 cm³/mol. The molecule has 0 spiro atoms. The number of benzene rings is 1. The third kappa shape index (κ3) is 8.87. The van der Waals surface area contributed by atoms with Crippen LogP contribution in [0.25, 0.3) is 0 Å². The minimum atomic E-state index is -0.204. The summed E-state index contributed by atoms with van der Waals surface area (Å²) in [5.41, 5.74) is 6.87. The molecular formula is C15H26FIN4. The molecule has 0 bridgehead atoms. The Bertz CT molecular complexity index is 422. The molecule has 0 saturated heterocycles. The van der Waals surface area contributed by atoms with Gasteiger partial charge in [0.15, 0.2) is 5.96 Å². The lowest BCUT2D eigenvalue weighted by atomic mass is 10.2. The molecule has 0 saturated carbocycles. The monoisotopic (exact) mass is 408 g/mol. The molecule has 0 heterocycles. The summed E-state index contributed by atoms with van der Waals surface area (Å²) in [4.78, 5) is 6.42. The fourth-order valence-corrected chi connectivity index (χ4v) is 1.72. The van der Waals surface area contributed by atoms with Crippen molar-refractivity contribution in [3.8, 4) is 0 Å². The van der Waals surface area contributed by atoms with E-state index >= 15 is 0 Å². The first-order valence-corrected chi connectivity index (χ1v) is 7.00. The van der Waals surface area contributed by atoms with Gasteiger partial charge in [-0.2, -0.15) is 0 Å². The Morgan fingerprint density at radius 2 is 2.00 bits per heavy atom. The summed E-state index contributed by atoms with van der Waals surface area (Å²) in [6.07, 6.45) is 1.01. The van der Waals surface area contributed by atoms with E-state index in [4.69, 9.17) is 5.73 Å². The van der Waals surface area contributed by atoms with E-state index in [1.54, 1.807) is 12.1 Å². The highest BCUT2D eigenvalue weighted by Gasteiger charge is 2.01. The highest BCUT2D eigenvalue weighted by Crippen LogP contribution is 2.05. The molecule has 1 atom stereocenters. The number of aliphatic imine (C=N–C) groups is 1. The van der Waals surface area contributed by atoms with Gasteiger partial charge in [0.05, 0.1) is 6.54 Å². The van der Waals surface area contributed by atoms with Crippen LogP contribution in [0, 0.1) is 5.82 Å². The Kier molecular flexibility index (Phi) is 10.3. The van der Waals surface area contributed by atoms with Gasteiger partial charge in [0.25, 0.3) is 0 Å². The van der Waals surface area contributed by atoms with E-state index in [2.05, 4.69) is 29.1 Å². The van der Waals surface area contributed by atoms with Crippen LogP contribution in [0.2, 0.25) is 0 Å². The molecule has 1 rings (SSSR count). The smallest absolute Gasteiger partial charge is 0.188 e. The number of guanidine groups is 1. The lowest BCUT2D eigenvalue weighted by molar-refractivity contribution is 0.336. The maximum Gasteiger partial charge on any atom is 0.188 e. The normalized spacial score (nSPS) is 12.9. The number of nitrogens with two attached hydrogens (primary N) is 1. The molecule has 3 N–H and O–H groups in total. The molecule has 0 radical (unpaired) electrons. The summed E-state index contributed by atoms with van der Waals surface area (Å²) in [5.74, 6) is 0.291. The predicted octanol–water partition coefficient (Wildman–Crippen LogP) is 2.58.